The molecule has 0 saturated carbocycles. The van der Waals surface area contributed by atoms with Crippen LogP contribution in [0.5, 0.6) is 0 Å². The van der Waals surface area contributed by atoms with E-state index in [4.69, 9.17) is 0 Å². The molecule has 3 nitrogen and oxygen atoms in total. The van der Waals surface area contributed by atoms with Gasteiger partial charge >= 0.3 is 0 Å². The van der Waals surface area contributed by atoms with Crippen LogP contribution >= 0.6 is 23.1 Å². The predicted octanol–water partition coefficient (Wildman–Crippen LogP) is 2.92. The largest absolute Gasteiger partial charge is 0.389 e. The Kier molecular flexibility index (Phi) is 5.29. The molecule has 1 aromatic rings. The summed E-state index contributed by atoms with van der Waals surface area (Å²) in [5.74, 6) is 2.15. The van der Waals surface area contributed by atoms with Gasteiger partial charge in [-0.3, -0.25) is 0 Å². The van der Waals surface area contributed by atoms with Crippen molar-refractivity contribution < 1.29 is 5.11 Å². The van der Waals surface area contributed by atoms with Crippen LogP contribution in [0.3, 0.4) is 0 Å². The third-order valence-corrected chi connectivity index (χ3v) is 6.20. The minimum absolute atomic E-state index is 0.274. The second kappa shape index (κ2) is 6.57. The van der Waals surface area contributed by atoms with E-state index in [1.54, 1.807) is 11.3 Å². The highest BCUT2D eigenvalue weighted by Crippen LogP contribution is 2.29. The molecular weight excluding hydrogens is 276 g/mol. The molecule has 0 aromatic carbocycles. The van der Waals surface area contributed by atoms with E-state index in [-0.39, 0.29) is 6.04 Å². The van der Waals surface area contributed by atoms with Crippen molar-refractivity contribution in [3.05, 3.63) is 15.6 Å². The summed E-state index contributed by atoms with van der Waals surface area (Å²) in [6.45, 7) is 7.08. The molecule has 19 heavy (non-hydrogen) atoms. The second-order valence-electron chi connectivity index (χ2n) is 5.35. The fourth-order valence-corrected chi connectivity index (χ4v) is 4.67. The summed E-state index contributed by atoms with van der Waals surface area (Å²) in [5, 5.41) is 15.2. The monoisotopic (exact) mass is 300 g/mol. The zero-order valence-electron chi connectivity index (χ0n) is 12.0. The van der Waals surface area contributed by atoms with E-state index in [0.717, 1.165) is 36.5 Å². The zero-order valence-corrected chi connectivity index (χ0v) is 13.7. The number of thiazole rings is 1. The van der Waals surface area contributed by atoms with Gasteiger partial charge in [-0.2, -0.15) is 11.8 Å². The van der Waals surface area contributed by atoms with Gasteiger partial charge in [0.15, 0.2) is 0 Å². The molecule has 1 unspecified atom stereocenters. The lowest BCUT2D eigenvalue weighted by molar-refractivity contribution is 0.0301. The molecule has 2 heterocycles. The summed E-state index contributed by atoms with van der Waals surface area (Å²) >= 11 is 3.73. The first kappa shape index (κ1) is 15.3. The molecule has 2 N–H and O–H groups in total. The molecule has 0 spiro atoms. The lowest BCUT2D eigenvalue weighted by Crippen LogP contribution is -2.44. The molecule has 1 aromatic heterocycles. The molecule has 0 aliphatic carbocycles. The standard InChI is InChI=1S/C14H24N2OS2/c1-4-12-16-11(3)13(19-12)10(2)15-9-14(17)5-7-18-8-6-14/h10,15,17H,4-9H2,1-3H3. The number of hydrogen-bond donors (Lipinski definition) is 2. The van der Waals surface area contributed by atoms with E-state index in [1.807, 2.05) is 11.8 Å². The summed E-state index contributed by atoms with van der Waals surface area (Å²) in [6, 6.07) is 0.274. The van der Waals surface area contributed by atoms with E-state index in [9.17, 15) is 5.11 Å². The zero-order chi connectivity index (χ0) is 13.9. The number of hydrogen-bond acceptors (Lipinski definition) is 5. The summed E-state index contributed by atoms with van der Waals surface area (Å²) in [5.41, 5.74) is 0.624. The second-order valence-corrected chi connectivity index (χ2v) is 7.69. The van der Waals surface area contributed by atoms with Crippen LogP contribution in [0.4, 0.5) is 0 Å². The fraction of sp³-hybridized carbons (Fsp3) is 0.786. The minimum atomic E-state index is -0.508. The first-order chi connectivity index (χ1) is 9.04. The van der Waals surface area contributed by atoms with E-state index >= 15 is 0 Å². The molecular formula is C14H24N2OS2. The van der Waals surface area contributed by atoms with Crippen LogP contribution in [-0.4, -0.2) is 33.7 Å². The van der Waals surface area contributed by atoms with Gasteiger partial charge in [0.1, 0.15) is 0 Å². The lowest BCUT2D eigenvalue weighted by atomic mass is 9.96. The highest BCUT2D eigenvalue weighted by Gasteiger charge is 2.30. The number of aromatic nitrogens is 1. The van der Waals surface area contributed by atoms with Crippen molar-refractivity contribution in [3.8, 4) is 0 Å². The van der Waals surface area contributed by atoms with E-state index < -0.39 is 5.60 Å². The van der Waals surface area contributed by atoms with Crippen molar-refractivity contribution in [1.82, 2.24) is 10.3 Å². The van der Waals surface area contributed by atoms with Crippen LogP contribution in [0.1, 0.15) is 48.3 Å². The van der Waals surface area contributed by atoms with Crippen LogP contribution in [0, 0.1) is 6.92 Å². The van der Waals surface area contributed by atoms with E-state index in [0.29, 0.717) is 6.54 Å². The summed E-state index contributed by atoms with van der Waals surface area (Å²) in [4.78, 5) is 5.89. The third-order valence-electron chi connectivity index (χ3n) is 3.73. The summed E-state index contributed by atoms with van der Waals surface area (Å²) in [6.07, 6.45) is 2.80. The quantitative estimate of drug-likeness (QED) is 0.877. The molecule has 1 saturated heterocycles. The number of nitrogens with zero attached hydrogens (tertiary/aromatic N) is 1. The first-order valence-corrected chi connectivity index (χ1v) is 9.01. The van der Waals surface area contributed by atoms with E-state index in [2.05, 4.69) is 31.1 Å². The average molecular weight is 300 g/mol. The molecule has 0 amide bonds. The van der Waals surface area contributed by atoms with Gasteiger partial charge in [0.25, 0.3) is 0 Å². The number of thioether (sulfide) groups is 1. The van der Waals surface area contributed by atoms with Crippen molar-refractivity contribution in [1.29, 1.82) is 0 Å². The third kappa shape index (κ3) is 3.94. The molecule has 2 rings (SSSR count). The van der Waals surface area contributed by atoms with Crippen LogP contribution < -0.4 is 5.32 Å². The van der Waals surface area contributed by atoms with Gasteiger partial charge in [-0.1, -0.05) is 6.92 Å². The first-order valence-electron chi connectivity index (χ1n) is 7.04. The van der Waals surface area contributed by atoms with Crippen LogP contribution in [-0.2, 0) is 6.42 Å². The maximum atomic E-state index is 10.5. The van der Waals surface area contributed by atoms with Gasteiger partial charge < -0.3 is 10.4 Å². The normalized spacial score (nSPS) is 20.4. The highest BCUT2D eigenvalue weighted by molar-refractivity contribution is 7.99. The molecule has 5 heteroatoms. The molecule has 1 atom stereocenters. The average Bonchev–Trinajstić information content (AvgIpc) is 2.78. The molecule has 0 bridgehead atoms. The van der Waals surface area contributed by atoms with Gasteiger partial charge in [0, 0.05) is 17.5 Å². The molecule has 0 radical (unpaired) electrons. The molecule has 1 aliphatic heterocycles. The fourth-order valence-electron chi connectivity index (χ4n) is 2.38. The van der Waals surface area contributed by atoms with Crippen molar-refractivity contribution in [2.45, 2.75) is 51.7 Å². The maximum absolute atomic E-state index is 10.5. The van der Waals surface area contributed by atoms with Crippen LogP contribution in [0.25, 0.3) is 0 Å². The smallest absolute Gasteiger partial charge is 0.0928 e. The Morgan fingerprint density at radius 3 is 2.68 bits per heavy atom. The Labute approximate surface area is 124 Å². The minimum Gasteiger partial charge on any atom is -0.389 e. The number of aliphatic hydroxyl groups is 1. The van der Waals surface area contributed by atoms with Gasteiger partial charge in [0.2, 0.25) is 0 Å². The SMILES string of the molecule is CCc1nc(C)c(C(C)NCC2(O)CCSCC2)s1. The van der Waals surface area contributed by atoms with Crippen LogP contribution in [0.2, 0.25) is 0 Å². The van der Waals surface area contributed by atoms with Crippen molar-refractivity contribution in [2.24, 2.45) is 0 Å². The van der Waals surface area contributed by atoms with E-state index in [1.165, 1.54) is 9.88 Å². The van der Waals surface area contributed by atoms with Crippen molar-refractivity contribution in [3.63, 3.8) is 0 Å². The van der Waals surface area contributed by atoms with Gasteiger partial charge in [0.05, 0.1) is 16.3 Å². The molecule has 1 aliphatic rings. The van der Waals surface area contributed by atoms with Crippen molar-refractivity contribution >= 4 is 23.1 Å². The Balaban J connectivity index is 1.93. The summed E-state index contributed by atoms with van der Waals surface area (Å²) < 4.78 is 0. The molecule has 1 fully saturated rings. The van der Waals surface area contributed by atoms with Crippen LogP contribution in [0.15, 0.2) is 0 Å². The summed E-state index contributed by atoms with van der Waals surface area (Å²) in [7, 11) is 0. The Morgan fingerprint density at radius 1 is 1.42 bits per heavy atom. The van der Waals surface area contributed by atoms with Gasteiger partial charge in [-0.15, -0.1) is 11.3 Å². The topological polar surface area (TPSA) is 45.2 Å². The Morgan fingerprint density at radius 2 is 2.11 bits per heavy atom. The van der Waals surface area contributed by atoms with Crippen molar-refractivity contribution in [2.75, 3.05) is 18.1 Å². The number of aryl methyl sites for hydroxylation is 2. The van der Waals surface area contributed by atoms with Gasteiger partial charge in [-0.05, 0) is 44.6 Å². The Hall–Kier alpha value is -0.100. The number of rotatable bonds is 5. The predicted molar refractivity (Wildman–Crippen MR) is 84.2 cm³/mol. The highest BCUT2D eigenvalue weighted by atomic mass is 32.2. The lowest BCUT2D eigenvalue weighted by Gasteiger charge is -2.33. The maximum Gasteiger partial charge on any atom is 0.0928 e. The Bertz CT molecular complexity index is 414. The number of nitrogens with one attached hydrogen (secondary N) is 1. The van der Waals surface area contributed by atoms with Gasteiger partial charge in [-0.25, -0.2) is 4.98 Å². The molecule has 108 valence electrons.